The maximum Gasteiger partial charge on any atom is 0.270 e. The summed E-state index contributed by atoms with van der Waals surface area (Å²) in [6.45, 7) is 3.07. The summed E-state index contributed by atoms with van der Waals surface area (Å²) in [5, 5.41) is 0. The molecule has 1 saturated heterocycles. The van der Waals surface area contributed by atoms with Gasteiger partial charge in [-0.1, -0.05) is 18.2 Å². The van der Waals surface area contributed by atoms with Crippen LogP contribution in [0.15, 0.2) is 79.5 Å². The number of benzene rings is 1. The highest BCUT2D eigenvalue weighted by molar-refractivity contribution is 5.94. The van der Waals surface area contributed by atoms with Crippen molar-refractivity contribution < 1.29 is 4.79 Å². The Labute approximate surface area is 187 Å². The minimum Gasteiger partial charge on any atom is -0.368 e. The molecule has 0 aliphatic carbocycles. The molecular formula is C25H24N6O. The number of nitrogens with zero attached hydrogens (tertiary/aromatic N) is 6. The van der Waals surface area contributed by atoms with Gasteiger partial charge in [0, 0.05) is 86.6 Å². The first kappa shape index (κ1) is 19.9. The van der Waals surface area contributed by atoms with Crippen LogP contribution >= 0.6 is 0 Å². The molecule has 0 spiro atoms. The lowest BCUT2D eigenvalue weighted by Gasteiger charge is -2.36. The number of carbonyl (C=O) groups is 1. The maximum atomic E-state index is 13.2. The lowest BCUT2D eigenvalue weighted by Crippen LogP contribution is -2.49. The Hall–Kier alpha value is -4.00. The molecule has 5 rings (SSSR count). The first-order valence-corrected chi connectivity index (χ1v) is 10.7. The van der Waals surface area contributed by atoms with Gasteiger partial charge in [0.2, 0.25) is 0 Å². The zero-order valence-corrected chi connectivity index (χ0v) is 17.9. The molecule has 0 N–H and O–H groups in total. The number of piperazine rings is 1. The minimum atomic E-state index is 0.0550. The van der Waals surface area contributed by atoms with Crippen LogP contribution in [0.3, 0.4) is 0 Å². The van der Waals surface area contributed by atoms with E-state index in [-0.39, 0.29) is 5.91 Å². The van der Waals surface area contributed by atoms with Crippen molar-refractivity contribution in [2.45, 2.75) is 0 Å². The van der Waals surface area contributed by atoms with Crippen LogP contribution in [0.2, 0.25) is 0 Å². The third-order valence-corrected chi connectivity index (χ3v) is 5.82. The first-order chi connectivity index (χ1) is 15.7. The van der Waals surface area contributed by atoms with Crippen LogP contribution in [0, 0.1) is 0 Å². The molecule has 1 fully saturated rings. The Bertz CT molecular complexity index is 1200. The van der Waals surface area contributed by atoms with Crippen molar-refractivity contribution in [3.05, 3.63) is 85.2 Å². The summed E-state index contributed by atoms with van der Waals surface area (Å²) in [4.78, 5) is 30.5. The predicted molar refractivity (Wildman–Crippen MR) is 124 cm³/mol. The summed E-state index contributed by atoms with van der Waals surface area (Å²) in [5.41, 5.74) is 4.55. The van der Waals surface area contributed by atoms with Crippen molar-refractivity contribution in [1.29, 1.82) is 0 Å². The van der Waals surface area contributed by atoms with Crippen LogP contribution in [-0.2, 0) is 7.05 Å². The average molecular weight is 425 g/mol. The van der Waals surface area contributed by atoms with Gasteiger partial charge in [0.1, 0.15) is 5.69 Å². The second-order valence-electron chi connectivity index (χ2n) is 7.88. The Morgan fingerprint density at radius 2 is 1.59 bits per heavy atom. The largest absolute Gasteiger partial charge is 0.368 e. The van der Waals surface area contributed by atoms with E-state index in [2.05, 4.69) is 32.0 Å². The van der Waals surface area contributed by atoms with E-state index >= 15 is 0 Å². The number of carbonyl (C=O) groups excluding carboxylic acids is 1. The highest BCUT2D eigenvalue weighted by Crippen LogP contribution is 2.24. The van der Waals surface area contributed by atoms with E-state index in [0.717, 1.165) is 29.8 Å². The van der Waals surface area contributed by atoms with Crippen LogP contribution in [-0.4, -0.2) is 56.5 Å². The number of amides is 1. The average Bonchev–Trinajstić information content (AvgIpc) is 3.26. The second-order valence-corrected chi connectivity index (χ2v) is 7.88. The fourth-order valence-corrected chi connectivity index (χ4v) is 4.02. The van der Waals surface area contributed by atoms with Crippen LogP contribution in [0.25, 0.3) is 22.5 Å². The molecular weight excluding hydrogens is 400 g/mol. The molecule has 0 unspecified atom stereocenters. The lowest BCUT2D eigenvalue weighted by atomic mass is 10.1. The number of anilines is 1. The smallest absolute Gasteiger partial charge is 0.270 e. The second kappa shape index (κ2) is 8.63. The third kappa shape index (κ3) is 3.97. The number of aromatic nitrogens is 4. The van der Waals surface area contributed by atoms with E-state index in [4.69, 9.17) is 0 Å². The summed E-state index contributed by atoms with van der Waals surface area (Å²) in [5.74, 6) is 0.685. The normalized spacial score (nSPS) is 13.9. The van der Waals surface area contributed by atoms with Gasteiger partial charge in [0.05, 0.1) is 0 Å². The number of hydrogen-bond acceptors (Lipinski definition) is 5. The van der Waals surface area contributed by atoms with E-state index < -0.39 is 0 Å². The fraction of sp³-hybridized carbons (Fsp3) is 0.200. The van der Waals surface area contributed by atoms with Gasteiger partial charge < -0.3 is 14.4 Å². The monoisotopic (exact) mass is 424 g/mol. The molecule has 0 radical (unpaired) electrons. The number of para-hydroxylation sites is 1. The molecule has 1 aliphatic rings. The van der Waals surface area contributed by atoms with Gasteiger partial charge in [0.15, 0.2) is 5.82 Å². The molecule has 7 heteroatoms. The number of aryl methyl sites for hydroxylation is 1. The summed E-state index contributed by atoms with van der Waals surface area (Å²) in [6.07, 6.45) is 9.00. The first-order valence-electron chi connectivity index (χ1n) is 10.7. The van der Waals surface area contributed by atoms with Crippen molar-refractivity contribution >= 4 is 11.6 Å². The standard InChI is InChI=1S/C25H24N6O/c1-29-18-20(21-16-27-24(28-17-21)19-6-5-9-26-15-19)14-23(29)25(32)31-12-10-30(11-13-31)22-7-3-2-4-8-22/h2-9,14-18H,10-13H2,1H3. The van der Waals surface area contributed by atoms with Gasteiger partial charge in [-0.3, -0.25) is 9.78 Å². The summed E-state index contributed by atoms with van der Waals surface area (Å²) < 4.78 is 1.89. The Kier molecular flexibility index (Phi) is 5.37. The highest BCUT2D eigenvalue weighted by Gasteiger charge is 2.24. The predicted octanol–water partition coefficient (Wildman–Crippen LogP) is 3.51. The van der Waals surface area contributed by atoms with E-state index in [0.29, 0.717) is 24.6 Å². The summed E-state index contributed by atoms with van der Waals surface area (Å²) in [6, 6.07) is 16.1. The van der Waals surface area contributed by atoms with Crippen molar-refractivity contribution in [1.82, 2.24) is 24.4 Å². The molecule has 0 atom stereocenters. The third-order valence-electron chi connectivity index (χ3n) is 5.82. The molecule has 3 aromatic heterocycles. The van der Waals surface area contributed by atoms with E-state index in [9.17, 15) is 4.79 Å². The topological polar surface area (TPSA) is 67.2 Å². The lowest BCUT2D eigenvalue weighted by molar-refractivity contribution is 0.0737. The van der Waals surface area contributed by atoms with E-state index in [1.807, 2.05) is 59.1 Å². The van der Waals surface area contributed by atoms with Crippen LogP contribution in [0.1, 0.15) is 10.5 Å². The van der Waals surface area contributed by atoms with Gasteiger partial charge >= 0.3 is 0 Å². The highest BCUT2D eigenvalue weighted by atomic mass is 16.2. The van der Waals surface area contributed by atoms with Gasteiger partial charge in [-0.05, 0) is 30.3 Å². The maximum absolute atomic E-state index is 13.2. The minimum absolute atomic E-state index is 0.0550. The van der Waals surface area contributed by atoms with Crippen LogP contribution in [0.4, 0.5) is 5.69 Å². The molecule has 1 aromatic carbocycles. The zero-order chi connectivity index (χ0) is 21.9. The van der Waals surface area contributed by atoms with Gasteiger partial charge in [-0.25, -0.2) is 9.97 Å². The molecule has 4 heterocycles. The molecule has 32 heavy (non-hydrogen) atoms. The van der Waals surface area contributed by atoms with Gasteiger partial charge in [-0.2, -0.15) is 0 Å². The molecule has 0 bridgehead atoms. The number of hydrogen-bond donors (Lipinski definition) is 0. The summed E-state index contributed by atoms with van der Waals surface area (Å²) in [7, 11) is 1.90. The van der Waals surface area contributed by atoms with Crippen LogP contribution < -0.4 is 4.90 Å². The molecule has 1 aliphatic heterocycles. The number of pyridine rings is 1. The molecule has 0 saturated carbocycles. The number of rotatable bonds is 4. The molecule has 1 amide bonds. The summed E-state index contributed by atoms with van der Waals surface area (Å²) >= 11 is 0. The molecule has 4 aromatic rings. The van der Waals surface area contributed by atoms with Crippen molar-refractivity contribution in [3.63, 3.8) is 0 Å². The van der Waals surface area contributed by atoms with Crippen molar-refractivity contribution in [3.8, 4) is 22.5 Å². The van der Waals surface area contributed by atoms with E-state index in [1.165, 1.54) is 5.69 Å². The zero-order valence-electron chi connectivity index (χ0n) is 17.9. The SMILES string of the molecule is Cn1cc(-c2cnc(-c3cccnc3)nc2)cc1C(=O)N1CCN(c2ccccc2)CC1. The van der Waals surface area contributed by atoms with Crippen molar-refractivity contribution in [2.24, 2.45) is 7.05 Å². The Balaban J connectivity index is 1.29. The van der Waals surface area contributed by atoms with E-state index in [1.54, 1.807) is 24.8 Å². The Morgan fingerprint density at radius 3 is 2.28 bits per heavy atom. The Morgan fingerprint density at radius 1 is 0.844 bits per heavy atom. The van der Waals surface area contributed by atoms with Gasteiger partial charge in [-0.15, -0.1) is 0 Å². The van der Waals surface area contributed by atoms with Gasteiger partial charge in [0.25, 0.3) is 5.91 Å². The van der Waals surface area contributed by atoms with Crippen molar-refractivity contribution in [2.75, 3.05) is 31.1 Å². The molecule has 7 nitrogen and oxygen atoms in total. The molecule has 160 valence electrons. The quantitative estimate of drug-likeness (QED) is 0.502. The van der Waals surface area contributed by atoms with Crippen LogP contribution in [0.5, 0.6) is 0 Å². The fourth-order valence-electron chi connectivity index (χ4n) is 4.02.